The van der Waals surface area contributed by atoms with Gasteiger partial charge in [0, 0.05) is 11.3 Å². The molecule has 2 aromatic carbocycles. The summed E-state index contributed by atoms with van der Waals surface area (Å²) in [4.78, 5) is 8.98. The topological polar surface area (TPSA) is 66.5 Å². The highest BCUT2D eigenvalue weighted by atomic mass is 32.1. The lowest BCUT2D eigenvalue weighted by atomic mass is 10.2. The molecule has 0 aliphatic heterocycles. The van der Waals surface area contributed by atoms with Gasteiger partial charge >= 0.3 is 0 Å². The van der Waals surface area contributed by atoms with Crippen LogP contribution in [-0.2, 0) is 0 Å². The Morgan fingerprint density at radius 3 is 2.64 bits per heavy atom. The molecule has 0 atom stereocenters. The molecule has 4 aromatic rings. The van der Waals surface area contributed by atoms with Gasteiger partial charge in [0.1, 0.15) is 10.7 Å². The number of rotatable bonds is 3. The summed E-state index contributed by atoms with van der Waals surface area (Å²) < 4.78 is 1.57. The highest BCUT2D eigenvalue weighted by molar-refractivity contribution is 7.71. The third kappa shape index (κ3) is 3.29. The van der Waals surface area contributed by atoms with Gasteiger partial charge in [-0.3, -0.25) is 5.10 Å². The monoisotopic (exact) mass is 365 g/mol. The van der Waals surface area contributed by atoms with Crippen LogP contribution in [0.15, 0.2) is 42.5 Å². The highest BCUT2D eigenvalue weighted by Crippen LogP contribution is 2.31. The van der Waals surface area contributed by atoms with Crippen molar-refractivity contribution in [2.45, 2.75) is 13.8 Å². The largest absolute Gasteiger partial charge is 0.339 e. The van der Waals surface area contributed by atoms with Crippen molar-refractivity contribution in [2.75, 3.05) is 5.32 Å². The van der Waals surface area contributed by atoms with Crippen LogP contribution in [0.2, 0.25) is 0 Å². The van der Waals surface area contributed by atoms with Crippen molar-refractivity contribution in [1.82, 2.24) is 20.2 Å². The number of hydrogen-bond donors (Lipinski definition) is 2. The van der Waals surface area contributed by atoms with Crippen LogP contribution in [0.25, 0.3) is 20.8 Å². The molecule has 124 valence electrons. The van der Waals surface area contributed by atoms with E-state index in [2.05, 4.69) is 57.8 Å². The Morgan fingerprint density at radius 1 is 1.04 bits per heavy atom. The molecule has 2 N–H and O–H groups in total. The standard InChI is InChI=1S/C18H15N5S2/c1-10-3-8-14-15(9-10)25-17(20-14)12-4-6-13(7-5-12)19-16-11(2)22-23-18(24)21-16/h3-9H,1-2H3,(H2,19,21,23,24). The van der Waals surface area contributed by atoms with E-state index in [0.29, 0.717) is 10.6 Å². The van der Waals surface area contributed by atoms with Gasteiger partial charge in [-0.1, -0.05) is 6.07 Å². The molecule has 0 unspecified atom stereocenters. The van der Waals surface area contributed by atoms with E-state index in [1.807, 2.05) is 19.1 Å². The summed E-state index contributed by atoms with van der Waals surface area (Å²) >= 11 is 6.73. The summed E-state index contributed by atoms with van der Waals surface area (Å²) in [7, 11) is 0. The zero-order chi connectivity index (χ0) is 17.4. The van der Waals surface area contributed by atoms with E-state index < -0.39 is 0 Å². The Hall–Kier alpha value is -2.64. The molecule has 0 saturated carbocycles. The first-order chi connectivity index (χ1) is 12.1. The first-order valence-electron chi connectivity index (χ1n) is 7.76. The van der Waals surface area contributed by atoms with Crippen LogP contribution in [0.1, 0.15) is 11.3 Å². The van der Waals surface area contributed by atoms with Crippen molar-refractivity contribution in [2.24, 2.45) is 0 Å². The van der Waals surface area contributed by atoms with Crippen LogP contribution in [0.5, 0.6) is 0 Å². The van der Waals surface area contributed by atoms with E-state index in [9.17, 15) is 0 Å². The Balaban J connectivity index is 1.62. The summed E-state index contributed by atoms with van der Waals surface area (Å²) in [5.41, 5.74) is 5.08. The first kappa shape index (κ1) is 15.9. The molecule has 7 heteroatoms. The van der Waals surface area contributed by atoms with E-state index in [0.717, 1.165) is 27.5 Å². The maximum atomic E-state index is 5.02. The van der Waals surface area contributed by atoms with Crippen molar-refractivity contribution in [3.8, 4) is 10.6 Å². The van der Waals surface area contributed by atoms with Gasteiger partial charge in [0.2, 0.25) is 4.77 Å². The molecular weight excluding hydrogens is 350 g/mol. The van der Waals surface area contributed by atoms with Gasteiger partial charge in [0.25, 0.3) is 0 Å². The molecule has 0 spiro atoms. The number of hydrogen-bond acceptors (Lipinski definition) is 6. The first-order valence-corrected chi connectivity index (χ1v) is 8.99. The fourth-order valence-electron chi connectivity index (χ4n) is 2.50. The van der Waals surface area contributed by atoms with E-state index in [1.165, 1.54) is 10.3 Å². The molecule has 0 aliphatic rings. The molecule has 0 saturated heterocycles. The van der Waals surface area contributed by atoms with Crippen molar-refractivity contribution in [3.63, 3.8) is 0 Å². The summed E-state index contributed by atoms with van der Waals surface area (Å²) in [6, 6.07) is 14.5. The summed E-state index contributed by atoms with van der Waals surface area (Å²) in [6.07, 6.45) is 0. The number of benzene rings is 2. The smallest absolute Gasteiger partial charge is 0.215 e. The molecule has 0 fully saturated rings. The molecule has 2 heterocycles. The number of H-pyrrole nitrogens is 1. The highest BCUT2D eigenvalue weighted by Gasteiger charge is 2.07. The number of aromatic amines is 1. The van der Waals surface area contributed by atoms with Gasteiger partial charge in [-0.25, -0.2) is 4.98 Å². The Kier molecular flexibility index (Phi) is 4.03. The number of nitrogens with zero attached hydrogens (tertiary/aromatic N) is 3. The molecule has 0 radical (unpaired) electrons. The normalized spacial score (nSPS) is 11.0. The number of thiazole rings is 1. The Bertz CT molecular complexity index is 1110. The number of nitrogens with one attached hydrogen (secondary N) is 2. The van der Waals surface area contributed by atoms with Crippen LogP contribution in [-0.4, -0.2) is 20.2 Å². The molecule has 0 aliphatic carbocycles. The Labute approximate surface area is 153 Å². The minimum Gasteiger partial charge on any atom is -0.339 e. The van der Waals surface area contributed by atoms with Gasteiger partial charge in [-0.2, -0.15) is 10.1 Å². The van der Waals surface area contributed by atoms with Gasteiger partial charge in [0.05, 0.1) is 10.2 Å². The van der Waals surface area contributed by atoms with Crippen LogP contribution < -0.4 is 5.32 Å². The van der Waals surface area contributed by atoms with Gasteiger partial charge in [-0.05, 0) is 68.0 Å². The third-order valence-electron chi connectivity index (χ3n) is 3.81. The molecule has 5 nitrogen and oxygen atoms in total. The van der Waals surface area contributed by atoms with E-state index >= 15 is 0 Å². The van der Waals surface area contributed by atoms with Crippen LogP contribution in [0.3, 0.4) is 0 Å². The van der Waals surface area contributed by atoms with Crippen molar-refractivity contribution in [1.29, 1.82) is 0 Å². The SMILES string of the molecule is Cc1ccc2nc(-c3ccc(Nc4nc(=S)[nH]nc4C)cc3)sc2c1. The second-order valence-corrected chi connectivity index (χ2v) is 7.18. The molecule has 4 rings (SSSR count). The Morgan fingerprint density at radius 2 is 1.84 bits per heavy atom. The number of anilines is 2. The molecule has 2 aromatic heterocycles. The zero-order valence-corrected chi connectivity index (χ0v) is 15.3. The summed E-state index contributed by atoms with van der Waals surface area (Å²) in [6.45, 7) is 3.97. The van der Waals surface area contributed by atoms with Gasteiger partial charge < -0.3 is 5.32 Å². The van der Waals surface area contributed by atoms with Crippen LogP contribution >= 0.6 is 23.6 Å². The maximum Gasteiger partial charge on any atom is 0.215 e. The molecule has 0 bridgehead atoms. The summed E-state index contributed by atoms with van der Waals surface area (Å²) in [5, 5.41) is 11.1. The van der Waals surface area contributed by atoms with E-state index in [-0.39, 0.29) is 0 Å². The fourth-order valence-corrected chi connectivity index (χ4v) is 3.70. The lowest BCUT2D eigenvalue weighted by Gasteiger charge is -2.07. The minimum atomic E-state index is 0.356. The lowest BCUT2D eigenvalue weighted by molar-refractivity contribution is 0.914. The predicted octanol–water partition coefficient (Wildman–Crippen LogP) is 5.17. The number of aromatic nitrogens is 4. The average Bonchev–Trinajstić information content (AvgIpc) is 3.02. The van der Waals surface area contributed by atoms with Crippen molar-refractivity contribution >= 4 is 45.3 Å². The zero-order valence-electron chi connectivity index (χ0n) is 13.7. The predicted molar refractivity (Wildman–Crippen MR) is 105 cm³/mol. The molecule has 0 amide bonds. The maximum absolute atomic E-state index is 5.02. The minimum absolute atomic E-state index is 0.356. The van der Waals surface area contributed by atoms with Crippen molar-refractivity contribution in [3.05, 3.63) is 58.5 Å². The van der Waals surface area contributed by atoms with Crippen molar-refractivity contribution < 1.29 is 0 Å². The third-order valence-corrected chi connectivity index (χ3v) is 5.06. The number of aryl methyl sites for hydroxylation is 2. The number of fused-ring (bicyclic) bond motifs is 1. The quantitative estimate of drug-likeness (QED) is 0.490. The fraction of sp³-hybridized carbons (Fsp3) is 0.111. The van der Waals surface area contributed by atoms with Gasteiger partial charge in [0.15, 0.2) is 5.82 Å². The molecular formula is C18H15N5S2. The van der Waals surface area contributed by atoms with Crippen LogP contribution in [0.4, 0.5) is 11.5 Å². The van der Waals surface area contributed by atoms with Crippen LogP contribution in [0, 0.1) is 18.6 Å². The second kappa shape index (κ2) is 6.34. The second-order valence-electron chi connectivity index (χ2n) is 5.77. The average molecular weight is 365 g/mol. The summed E-state index contributed by atoms with van der Waals surface area (Å²) in [5.74, 6) is 0.659. The van der Waals surface area contributed by atoms with Gasteiger partial charge in [-0.15, -0.1) is 11.3 Å². The lowest BCUT2D eigenvalue weighted by Crippen LogP contribution is -2.00. The van der Waals surface area contributed by atoms with E-state index in [4.69, 9.17) is 17.2 Å². The van der Waals surface area contributed by atoms with E-state index in [1.54, 1.807) is 11.3 Å². The molecule has 25 heavy (non-hydrogen) atoms.